The first-order valence-electron chi connectivity index (χ1n) is 9.53. The van der Waals surface area contributed by atoms with E-state index in [0.29, 0.717) is 51.7 Å². The van der Waals surface area contributed by atoms with Crippen LogP contribution in [0, 0.1) is 12.7 Å². The molecule has 0 fully saturated rings. The molecule has 1 aliphatic rings. The summed E-state index contributed by atoms with van der Waals surface area (Å²) in [6.07, 6.45) is 0. The van der Waals surface area contributed by atoms with Crippen LogP contribution in [0.3, 0.4) is 0 Å². The number of ether oxygens (including phenoxy) is 2. The molecule has 0 radical (unpaired) electrons. The topological polar surface area (TPSA) is 76.5 Å². The van der Waals surface area contributed by atoms with Gasteiger partial charge in [0.2, 0.25) is 0 Å². The van der Waals surface area contributed by atoms with Crippen LogP contribution in [0.2, 0.25) is 0 Å². The summed E-state index contributed by atoms with van der Waals surface area (Å²) >= 11 is 3.46. The third-order valence-corrected chi connectivity index (χ3v) is 5.57. The number of nitrogens with zero attached hydrogens (tertiary/aromatic N) is 2. The lowest BCUT2D eigenvalue weighted by molar-refractivity contribution is -0.0583. The van der Waals surface area contributed by atoms with Gasteiger partial charge in [0.15, 0.2) is 11.5 Å². The van der Waals surface area contributed by atoms with E-state index in [1.54, 1.807) is 19.9 Å². The van der Waals surface area contributed by atoms with Crippen molar-refractivity contribution in [2.24, 2.45) is 0 Å². The maximum absolute atomic E-state index is 14.9. The lowest BCUT2D eigenvalue weighted by atomic mass is 10.00. The number of aliphatic hydroxyl groups is 1. The number of hydrogen-bond donors (Lipinski definition) is 2. The van der Waals surface area contributed by atoms with Crippen molar-refractivity contribution in [3.63, 3.8) is 0 Å². The first-order valence-corrected chi connectivity index (χ1v) is 10.3. The molecule has 31 heavy (non-hydrogen) atoms. The van der Waals surface area contributed by atoms with Crippen LogP contribution in [0.25, 0.3) is 10.9 Å². The molecule has 0 bridgehead atoms. The quantitative estimate of drug-likeness (QED) is 0.523. The monoisotopic (exact) mass is 497 g/mol. The van der Waals surface area contributed by atoms with Gasteiger partial charge in [-0.2, -0.15) is 8.78 Å². The number of aromatic nitrogens is 2. The second-order valence-electron chi connectivity index (χ2n) is 7.17. The van der Waals surface area contributed by atoms with Gasteiger partial charge in [-0.05, 0) is 41.9 Å². The summed E-state index contributed by atoms with van der Waals surface area (Å²) in [7, 11) is 0. The highest BCUT2D eigenvalue weighted by molar-refractivity contribution is 9.10. The van der Waals surface area contributed by atoms with E-state index in [1.165, 1.54) is 12.1 Å². The molecule has 0 unspecified atom stereocenters. The first-order chi connectivity index (χ1) is 14.7. The molecule has 0 spiro atoms. The summed E-state index contributed by atoms with van der Waals surface area (Å²) in [6, 6.07) is 4.77. The van der Waals surface area contributed by atoms with Crippen LogP contribution in [0.1, 0.15) is 29.9 Å². The fraction of sp³-hybridized carbons (Fsp3) is 0.333. The molecule has 1 aliphatic heterocycles. The number of hydrogen-bond acceptors (Lipinski definition) is 6. The SMILES string of the molecule is Cc1nc(N[C@H](C)c2cccc(C(F)(F)CO)c2F)c2cc(Br)c3c(c2n1)OCCO3. The lowest BCUT2D eigenvalue weighted by Gasteiger charge is -2.23. The number of aryl methyl sites for hydroxylation is 1. The predicted molar refractivity (Wildman–Crippen MR) is 112 cm³/mol. The smallest absolute Gasteiger partial charge is 0.298 e. The molecule has 4 rings (SSSR count). The molecule has 164 valence electrons. The maximum atomic E-state index is 14.9. The van der Waals surface area contributed by atoms with Gasteiger partial charge in [-0.25, -0.2) is 14.4 Å². The molecule has 1 aromatic heterocycles. The van der Waals surface area contributed by atoms with Crippen LogP contribution in [0.4, 0.5) is 19.0 Å². The summed E-state index contributed by atoms with van der Waals surface area (Å²) in [5.74, 6) is -2.90. The molecule has 0 saturated carbocycles. The fourth-order valence-corrected chi connectivity index (χ4v) is 4.02. The van der Waals surface area contributed by atoms with Gasteiger partial charge < -0.3 is 19.9 Å². The fourth-order valence-electron chi connectivity index (χ4n) is 3.50. The van der Waals surface area contributed by atoms with E-state index in [4.69, 9.17) is 14.6 Å². The maximum Gasteiger partial charge on any atom is 0.298 e. The number of benzene rings is 2. The largest absolute Gasteiger partial charge is 0.485 e. The molecule has 2 N–H and O–H groups in total. The molecule has 2 heterocycles. The molecule has 0 amide bonds. The zero-order valence-corrected chi connectivity index (χ0v) is 18.3. The Hall–Kier alpha value is -2.59. The second kappa shape index (κ2) is 8.16. The van der Waals surface area contributed by atoms with Crippen molar-refractivity contribution in [1.29, 1.82) is 0 Å². The average Bonchev–Trinajstić information content (AvgIpc) is 2.74. The molecule has 10 heteroatoms. The van der Waals surface area contributed by atoms with E-state index in [-0.39, 0.29) is 5.56 Å². The highest BCUT2D eigenvalue weighted by Gasteiger charge is 2.35. The molecular weight excluding hydrogens is 479 g/mol. The van der Waals surface area contributed by atoms with Crippen LogP contribution in [-0.2, 0) is 5.92 Å². The first kappa shape index (κ1) is 21.6. The van der Waals surface area contributed by atoms with Crippen molar-refractivity contribution in [2.75, 3.05) is 25.1 Å². The predicted octanol–water partition coefficient (Wildman–Crippen LogP) is 4.87. The van der Waals surface area contributed by atoms with E-state index in [0.717, 1.165) is 6.07 Å². The number of fused-ring (bicyclic) bond motifs is 3. The number of anilines is 1. The van der Waals surface area contributed by atoms with Gasteiger partial charge in [0.1, 0.15) is 42.8 Å². The van der Waals surface area contributed by atoms with Crippen LogP contribution < -0.4 is 14.8 Å². The Kier molecular flexibility index (Phi) is 5.69. The Labute approximate surface area is 184 Å². The van der Waals surface area contributed by atoms with Crippen LogP contribution in [-0.4, -0.2) is 34.9 Å². The number of aliphatic hydroxyl groups excluding tert-OH is 1. The molecule has 0 saturated heterocycles. The minimum Gasteiger partial charge on any atom is -0.485 e. The summed E-state index contributed by atoms with van der Waals surface area (Å²) in [5.41, 5.74) is -0.306. The van der Waals surface area contributed by atoms with Gasteiger partial charge in [-0.1, -0.05) is 12.1 Å². The summed E-state index contributed by atoms with van der Waals surface area (Å²) in [4.78, 5) is 8.89. The Morgan fingerprint density at radius 2 is 1.94 bits per heavy atom. The van der Waals surface area contributed by atoms with Gasteiger partial charge in [0.25, 0.3) is 5.92 Å². The number of nitrogens with one attached hydrogen (secondary N) is 1. The minimum atomic E-state index is -3.68. The van der Waals surface area contributed by atoms with Crippen molar-refractivity contribution < 1.29 is 27.8 Å². The molecule has 6 nitrogen and oxygen atoms in total. The third kappa shape index (κ3) is 3.89. The molecular formula is C21H19BrF3N3O3. The summed E-state index contributed by atoms with van der Waals surface area (Å²) in [6.45, 7) is 2.65. The van der Waals surface area contributed by atoms with E-state index in [2.05, 4.69) is 31.2 Å². The van der Waals surface area contributed by atoms with Gasteiger partial charge in [-0.3, -0.25) is 0 Å². The van der Waals surface area contributed by atoms with Crippen molar-refractivity contribution in [1.82, 2.24) is 9.97 Å². The Bertz CT molecular complexity index is 1160. The van der Waals surface area contributed by atoms with Gasteiger partial charge in [-0.15, -0.1) is 0 Å². The van der Waals surface area contributed by atoms with Crippen LogP contribution >= 0.6 is 15.9 Å². The second-order valence-corrected chi connectivity index (χ2v) is 8.02. The normalized spacial score (nSPS) is 14.5. The van der Waals surface area contributed by atoms with E-state index in [9.17, 15) is 13.2 Å². The number of rotatable bonds is 5. The zero-order chi connectivity index (χ0) is 22.3. The van der Waals surface area contributed by atoms with Gasteiger partial charge in [0.05, 0.1) is 16.1 Å². The van der Waals surface area contributed by atoms with Crippen molar-refractivity contribution in [2.45, 2.75) is 25.8 Å². The highest BCUT2D eigenvalue weighted by Crippen LogP contribution is 2.44. The lowest BCUT2D eigenvalue weighted by Crippen LogP contribution is -2.22. The molecule has 2 aromatic carbocycles. The highest BCUT2D eigenvalue weighted by atomic mass is 79.9. The Morgan fingerprint density at radius 1 is 1.23 bits per heavy atom. The van der Waals surface area contributed by atoms with Crippen molar-refractivity contribution >= 4 is 32.7 Å². The third-order valence-electron chi connectivity index (χ3n) is 4.98. The van der Waals surface area contributed by atoms with Gasteiger partial charge in [0, 0.05) is 10.9 Å². The summed E-state index contributed by atoms with van der Waals surface area (Å²) < 4.78 is 54.8. The zero-order valence-electron chi connectivity index (χ0n) is 16.7. The van der Waals surface area contributed by atoms with Crippen LogP contribution in [0.15, 0.2) is 28.7 Å². The van der Waals surface area contributed by atoms with Crippen molar-refractivity contribution in [3.05, 3.63) is 51.5 Å². The molecule has 1 atom stereocenters. The van der Waals surface area contributed by atoms with E-state index in [1.807, 2.05) is 0 Å². The van der Waals surface area contributed by atoms with Crippen LogP contribution in [0.5, 0.6) is 11.5 Å². The Morgan fingerprint density at radius 3 is 2.65 bits per heavy atom. The molecule has 3 aromatic rings. The van der Waals surface area contributed by atoms with E-state index >= 15 is 0 Å². The summed E-state index contributed by atoms with van der Waals surface area (Å²) in [5, 5.41) is 12.6. The Balaban J connectivity index is 1.78. The standard InChI is InChI=1S/C21H19BrF3N3O3/c1-10(12-4-3-5-14(16(12)23)21(24,25)9-29)26-20-13-8-15(22)18-19(31-7-6-30-18)17(13)27-11(2)28-20/h3-5,8,10,29H,6-7,9H2,1-2H3,(H,26,27,28)/t10-/m1/s1. The number of alkyl halides is 2. The minimum absolute atomic E-state index is 0.0200. The van der Waals surface area contributed by atoms with E-state index < -0.39 is 30.0 Å². The number of halogens is 4. The average molecular weight is 498 g/mol. The van der Waals surface area contributed by atoms with Gasteiger partial charge >= 0.3 is 0 Å². The van der Waals surface area contributed by atoms with Crippen molar-refractivity contribution in [3.8, 4) is 11.5 Å². The molecule has 0 aliphatic carbocycles.